The first-order chi connectivity index (χ1) is 8.55. The van der Waals surface area contributed by atoms with Crippen LogP contribution in [0.5, 0.6) is 0 Å². The first kappa shape index (κ1) is 14.3. The number of rotatable bonds is 4. The van der Waals surface area contributed by atoms with Gasteiger partial charge < -0.3 is 14.8 Å². The highest BCUT2D eigenvalue weighted by molar-refractivity contribution is 4.94. The zero-order valence-electron chi connectivity index (χ0n) is 12.3. The summed E-state index contributed by atoms with van der Waals surface area (Å²) in [5, 5.41) is 3.85. The summed E-state index contributed by atoms with van der Waals surface area (Å²) in [6.45, 7) is 9.54. The molecule has 0 aromatic carbocycles. The first-order valence-corrected chi connectivity index (χ1v) is 7.55. The third-order valence-electron chi connectivity index (χ3n) is 4.37. The monoisotopic (exact) mass is 255 g/mol. The molecule has 0 radical (unpaired) electrons. The number of hydrogen-bond acceptors (Lipinski definition) is 3. The Balaban J connectivity index is 1.90. The van der Waals surface area contributed by atoms with E-state index < -0.39 is 0 Å². The van der Waals surface area contributed by atoms with E-state index in [4.69, 9.17) is 9.47 Å². The van der Waals surface area contributed by atoms with Crippen LogP contribution in [0, 0.1) is 0 Å². The van der Waals surface area contributed by atoms with Gasteiger partial charge in [-0.15, -0.1) is 0 Å². The van der Waals surface area contributed by atoms with E-state index in [0.29, 0.717) is 6.04 Å². The minimum atomic E-state index is 0.108. The first-order valence-electron chi connectivity index (χ1n) is 7.55. The van der Waals surface area contributed by atoms with Crippen LogP contribution in [0.2, 0.25) is 0 Å². The van der Waals surface area contributed by atoms with Crippen LogP contribution in [0.25, 0.3) is 0 Å². The molecule has 2 fully saturated rings. The lowest BCUT2D eigenvalue weighted by Crippen LogP contribution is -2.54. The maximum atomic E-state index is 6.09. The summed E-state index contributed by atoms with van der Waals surface area (Å²) in [5.41, 5.74) is 0.361. The van der Waals surface area contributed by atoms with Crippen LogP contribution in [0.1, 0.15) is 59.3 Å². The summed E-state index contributed by atoms with van der Waals surface area (Å²) in [6.07, 6.45) is 6.92. The Kier molecular flexibility index (Phi) is 4.68. The lowest BCUT2D eigenvalue weighted by atomic mass is 9.83. The minimum absolute atomic E-state index is 0.108. The summed E-state index contributed by atoms with van der Waals surface area (Å²) in [7, 11) is 0. The van der Waals surface area contributed by atoms with Crippen molar-refractivity contribution in [2.24, 2.45) is 0 Å². The standard InChI is InChI=1S/C15H29NO2/c1-4-6-14(2,3)16-13-5-9-18-15(12-13)7-10-17-11-8-15/h13,16H,4-12H2,1-3H3. The van der Waals surface area contributed by atoms with Crippen LogP contribution < -0.4 is 5.32 Å². The van der Waals surface area contributed by atoms with E-state index >= 15 is 0 Å². The summed E-state index contributed by atoms with van der Waals surface area (Å²) >= 11 is 0. The van der Waals surface area contributed by atoms with Crippen LogP contribution in [-0.2, 0) is 9.47 Å². The molecular formula is C15H29NO2. The summed E-state index contributed by atoms with van der Waals surface area (Å²) in [6, 6.07) is 0.610. The van der Waals surface area contributed by atoms with Gasteiger partial charge >= 0.3 is 0 Å². The normalized spacial score (nSPS) is 28.5. The Hall–Kier alpha value is -0.120. The molecule has 1 spiro atoms. The van der Waals surface area contributed by atoms with E-state index in [2.05, 4.69) is 26.1 Å². The SMILES string of the molecule is CCCC(C)(C)NC1CCOC2(CCOCC2)C1. The second kappa shape index (κ2) is 5.89. The lowest BCUT2D eigenvalue weighted by Gasteiger charge is -2.45. The zero-order valence-corrected chi connectivity index (χ0v) is 12.3. The van der Waals surface area contributed by atoms with Crippen molar-refractivity contribution in [3.8, 4) is 0 Å². The average molecular weight is 255 g/mol. The van der Waals surface area contributed by atoms with E-state index in [-0.39, 0.29) is 11.1 Å². The van der Waals surface area contributed by atoms with E-state index in [0.717, 1.165) is 45.5 Å². The van der Waals surface area contributed by atoms with Crippen molar-refractivity contribution in [1.29, 1.82) is 0 Å². The fourth-order valence-electron chi connectivity index (χ4n) is 3.49. The molecule has 2 rings (SSSR count). The van der Waals surface area contributed by atoms with Gasteiger partial charge in [0, 0.05) is 31.4 Å². The van der Waals surface area contributed by atoms with Crippen molar-refractivity contribution in [3.63, 3.8) is 0 Å². The van der Waals surface area contributed by atoms with Gasteiger partial charge in [0.15, 0.2) is 0 Å². The molecule has 0 bridgehead atoms. The molecule has 1 N–H and O–H groups in total. The van der Waals surface area contributed by atoms with Crippen LogP contribution in [0.4, 0.5) is 0 Å². The summed E-state index contributed by atoms with van der Waals surface area (Å²) in [4.78, 5) is 0. The molecule has 2 aliphatic heterocycles. The molecule has 0 saturated carbocycles. The van der Waals surface area contributed by atoms with Crippen molar-refractivity contribution >= 4 is 0 Å². The van der Waals surface area contributed by atoms with Crippen LogP contribution in [0.15, 0.2) is 0 Å². The Morgan fingerprint density at radius 1 is 1.22 bits per heavy atom. The Bertz CT molecular complexity index is 254. The molecular weight excluding hydrogens is 226 g/mol. The predicted molar refractivity (Wildman–Crippen MR) is 73.9 cm³/mol. The molecule has 2 heterocycles. The topological polar surface area (TPSA) is 30.5 Å². The van der Waals surface area contributed by atoms with Gasteiger partial charge in [0.1, 0.15) is 0 Å². The molecule has 0 aromatic heterocycles. The maximum Gasteiger partial charge on any atom is 0.0741 e. The van der Waals surface area contributed by atoms with E-state index in [1.807, 2.05) is 0 Å². The molecule has 3 nitrogen and oxygen atoms in total. The highest BCUT2D eigenvalue weighted by Gasteiger charge is 2.39. The third-order valence-corrected chi connectivity index (χ3v) is 4.37. The molecule has 1 atom stereocenters. The molecule has 18 heavy (non-hydrogen) atoms. The predicted octanol–water partition coefficient (Wildman–Crippen LogP) is 2.88. The zero-order chi connectivity index (χ0) is 13.1. The van der Waals surface area contributed by atoms with Crippen LogP contribution >= 0.6 is 0 Å². The molecule has 0 aromatic rings. The molecule has 0 amide bonds. The highest BCUT2D eigenvalue weighted by atomic mass is 16.5. The van der Waals surface area contributed by atoms with Gasteiger partial charge in [-0.3, -0.25) is 0 Å². The molecule has 2 saturated heterocycles. The number of nitrogens with one attached hydrogen (secondary N) is 1. The largest absolute Gasteiger partial charge is 0.381 e. The molecule has 1 unspecified atom stereocenters. The Morgan fingerprint density at radius 3 is 2.61 bits per heavy atom. The molecule has 2 aliphatic rings. The fraction of sp³-hybridized carbons (Fsp3) is 1.00. The van der Waals surface area contributed by atoms with Crippen LogP contribution in [0.3, 0.4) is 0 Å². The van der Waals surface area contributed by atoms with Crippen molar-refractivity contribution in [2.75, 3.05) is 19.8 Å². The van der Waals surface area contributed by atoms with Crippen molar-refractivity contribution in [2.45, 2.75) is 76.5 Å². The quantitative estimate of drug-likeness (QED) is 0.838. The second-order valence-corrected chi connectivity index (χ2v) is 6.61. The van der Waals surface area contributed by atoms with Gasteiger partial charge in [-0.05, 0) is 46.0 Å². The van der Waals surface area contributed by atoms with Crippen molar-refractivity contribution in [1.82, 2.24) is 5.32 Å². The van der Waals surface area contributed by atoms with E-state index in [1.165, 1.54) is 12.8 Å². The minimum Gasteiger partial charge on any atom is -0.381 e. The van der Waals surface area contributed by atoms with Gasteiger partial charge in [0.2, 0.25) is 0 Å². The summed E-state index contributed by atoms with van der Waals surface area (Å²) in [5.74, 6) is 0. The van der Waals surface area contributed by atoms with Gasteiger partial charge in [-0.2, -0.15) is 0 Å². The van der Waals surface area contributed by atoms with Crippen LogP contribution in [-0.4, -0.2) is 37.0 Å². The Morgan fingerprint density at radius 2 is 1.94 bits per heavy atom. The second-order valence-electron chi connectivity index (χ2n) is 6.61. The third kappa shape index (κ3) is 3.69. The van der Waals surface area contributed by atoms with Crippen molar-refractivity contribution in [3.05, 3.63) is 0 Å². The summed E-state index contributed by atoms with van der Waals surface area (Å²) < 4.78 is 11.6. The highest BCUT2D eigenvalue weighted by Crippen LogP contribution is 2.35. The number of ether oxygens (including phenoxy) is 2. The molecule has 0 aliphatic carbocycles. The average Bonchev–Trinajstić information content (AvgIpc) is 2.29. The van der Waals surface area contributed by atoms with Gasteiger partial charge in [0.25, 0.3) is 0 Å². The van der Waals surface area contributed by atoms with E-state index in [9.17, 15) is 0 Å². The molecule has 3 heteroatoms. The maximum absolute atomic E-state index is 6.09. The number of hydrogen-bond donors (Lipinski definition) is 1. The Labute approximate surface area is 112 Å². The molecule has 106 valence electrons. The van der Waals surface area contributed by atoms with Gasteiger partial charge in [0.05, 0.1) is 5.60 Å². The van der Waals surface area contributed by atoms with E-state index in [1.54, 1.807) is 0 Å². The smallest absolute Gasteiger partial charge is 0.0741 e. The van der Waals surface area contributed by atoms with Crippen molar-refractivity contribution < 1.29 is 9.47 Å². The van der Waals surface area contributed by atoms with Gasteiger partial charge in [-0.1, -0.05) is 13.3 Å². The lowest BCUT2D eigenvalue weighted by molar-refractivity contribution is -0.141. The van der Waals surface area contributed by atoms with Gasteiger partial charge in [-0.25, -0.2) is 0 Å². The fourth-order valence-corrected chi connectivity index (χ4v) is 3.49.